The van der Waals surface area contributed by atoms with Crippen LogP contribution >= 0.6 is 0 Å². The second kappa shape index (κ2) is 10.7. The van der Waals surface area contributed by atoms with Crippen molar-refractivity contribution in [2.45, 2.75) is 43.4 Å². The number of anilines is 1. The summed E-state index contributed by atoms with van der Waals surface area (Å²) in [7, 11) is 0. The number of hydrogen-bond acceptors (Lipinski definition) is 4. The summed E-state index contributed by atoms with van der Waals surface area (Å²) in [5, 5.41) is 14.4. The zero-order valence-corrected chi connectivity index (χ0v) is 21.2. The van der Waals surface area contributed by atoms with Crippen LogP contribution in [0.1, 0.15) is 42.4 Å². The zero-order valence-electron chi connectivity index (χ0n) is 21.2. The number of piperidine rings is 2. The number of benzene rings is 2. The van der Waals surface area contributed by atoms with E-state index >= 15 is 0 Å². The van der Waals surface area contributed by atoms with Gasteiger partial charge in [0.15, 0.2) is 0 Å². The van der Waals surface area contributed by atoms with E-state index in [9.17, 15) is 27.5 Å². The van der Waals surface area contributed by atoms with Crippen LogP contribution in [0, 0.1) is 11.7 Å². The van der Waals surface area contributed by atoms with Crippen molar-refractivity contribution in [1.29, 1.82) is 0 Å². The van der Waals surface area contributed by atoms with Gasteiger partial charge in [-0.15, -0.1) is 0 Å². The van der Waals surface area contributed by atoms with Crippen molar-refractivity contribution in [3.63, 3.8) is 0 Å². The van der Waals surface area contributed by atoms with E-state index in [1.807, 2.05) is 6.07 Å². The molecule has 2 aromatic rings. The van der Waals surface area contributed by atoms with Crippen LogP contribution in [0.5, 0.6) is 0 Å². The molecule has 9 heteroatoms. The Labute approximate surface area is 220 Å². The first-order chi connectivity index (χ1) is 18.1. The van der Waals surface area contributed by atoms with Crippen LogP contribution in [0.15, 0.2) is 48.5 Å². The fourth-order valence-corrected chi connectivity index (χ4v) is 6.05. The van der Waals surface area contributed by atoms with Gasteiger partial charge < -0.3 is 20.2 Å². The number of alkyl halides is 3. The lowest BCUT2D eigenvalue weighted by atomic mass is 9.74. The Hall–Kier alpha value is -2.91. The lowest BCUT2D eigenvalue weighted by molar-refractivity contribution is -0.137. The van der Waals surface area contributed by atoms with Gasteiger partial charge in [-0.05, 0) is 92.2 Å². The maximum Gasteiger partial charge on any atom is 0.416 e. The maximum absolute atomic E-state index is 13.9. The number of hydrogen-bond donors (Lipinski definition) is 2. The molecule has 5 nitrogen and oxygen atoms in total. The summed E-state index contributed by atoms with van der Waals surface area (Å²) in [5.74, 6) is -0.276. The molecule has 2 saturated heterocycles. The van der Waals surface area contributed by atoms with Gasteiger partial charge >= 0.3 is 6.18 Å². The van der Waals surface area contributed by atoms with Crippen molar-refractivity contribution >= 4 is 17.7 Å². The molecular formula is C29H33F4N3O2. The molecule has 38 heavy (non-hydrogen) atoms. The average Bonchev–Trinajstić information content (AvgIpc) is 3.25. The Balaban J connectivity index is 1.07. The molecule has 0 aliphatic carbocycles. The first-order valence-corrected chi connectivity index (χ1v) is 13.2. The highest BCUT2D eigenvalue weighted by atomic mass is 19.4. The number of amides is 1. The Morgan fingerprint density at radius 1 is 1.08 bits per heavy atom. The summed E-state index contributed by atoms with van der Waals surface area (Å²) in [4.78, 5) is 16.6. The lowest BCUT2D eigenvalue weighted by Gasteiger charge is -2.41. The number of carbonyl (C=O) groups excluding carboxylic acids is 1. The predicted octanol–water partition coefficient (Wildman–Crippen LogP) is 4.92. The van der Waals surface area contributed by atoms with E-state index in [-0.39, 0.29) is 23.1 Å². The highest BCUT2D eigenvalue weighted by Gasteiger charge is 2.42. The highest BCUT2D eigenvalue weighted by Crippen LogP contribution is 2.44. The predicted molar refractivity (Wildman–Crippen MR) is 138 cm³/mol. The van der Waals surface area contributed by atoms with Gasteiger partial charge in [0.1, 0.15) is 5.82 Å². The molecule has 1 spiro atoms. The molecule has 3 aliphatic rings. The Morgan fingerprint density at radius 3 is 2.42 bits per heavy atom. The molecule has 1 unspecified atom stereocenters. The molecule has 0 aromatic heterocycles. The van der Waals surface area contributed by atoms with E-state index in [1.54, 1.807) is 11.0 Å². The number of nitrogens with zero attached hydrogens (tertiary/aromatic N) is 2. The zero-order chi connectivity index (χ0) is 26.9. The first-order valence-electron chi connectivity index (χ1n) is 13.2. The normalized spacial score (nSPS) is 21.0. The number of halogens is 4. The molecule has 3 heterocycles. The van der Waals surface area contributed by atoms with E-state index in [0.29, 0.717) is 38.0 Å². The van der Waals surface area contributed by atoms with Gasteiger partial charge in [0.05, 0.1) is 11.7 Å². The molecule has 0 bridgehead atoms. The minimum atomic E-state index is -4.39. The topological polar surface area (TPSA) is 55.8 Å². The quantitative estimate of drug-likeness (QED) is 0.425. The first kappa shape index (κ1) is 26.7. The summed E-state index contributed by atoms with van der Waals surface area (Å²) in [5.41, 5.74) is 1.86. The van der Waals surface area contributed by atoms with Gasteiger partial charge in [0, 0.05) is 43.4 Å². The van der Waals surface area contributed by atoms with Crippen LogP contribution < -0.4 is 5.32 Å². The van der Waals surface area contributed by atoms with Gasteiger partial charge in [0.25, 0.3) is 0 Å². The number of carbonyl (C=O) groups is 1. The fraction of sp³-hybridized carbons (Fsp3) is 0.483. The maximum atomic E-state index is 13.9. The number of β-amino-alcohol motifs (C(OH)–C–C–N with tert-alkyl or cyclic N) is 1. The molecule has 2 aromatic carbocycles. The molecule has 0 radical (unpaired) electrons. The number of aliphatic hydroxyl groups excluding tert-OH is 1. The van der Waals surface area contributed by atoms with E-state index in [4.69, 9.17) is 0 Å². The summed E-state index contributed by atoms with van der Waals surface area (Å²) in [6.07, 6.45) is 1.30. The summed E-state index contributed by atoms with van der Waals surface area (Å²) >= 11 is 0. The van der Waals surface area contributed by atoms with Crippen LogP contribution in [0.25, 0.3) is 6.08 Å². The molecule has 2 fully saturated rings. The lowest BCUT2D eigenvalue weighted by Crippen LogP contribution is -2.48. The van der Waals surface area contributed by atoms with Gasteiger partial charge in [-0.25, -0.2) is 4.39 Å². The van der Waals surface area contributed by atoms with E-state index in [2.05, 4.69) is 10.2 Å². The largest absolute Gasteiger partial charge is 0.416 e. The second-order valence-electron chi connectivity index (χ2n) is 10.8. The van der Waals surface area contributed by atoms with Crippen LogP contribution in [0.3, 0.4) is 0 Å². The van der Waals surface area contributed by atoms with Gasteiger partial charge in [0.2, 0.25) is 5.91 Å². The monoisotopic (exact) mass is 531 g/mol. The standard InChI is InChI=1S/C29H33F4N3O2/c30-23-6-7-25-24(17-23)28(19-34-25)11-15-35(16-12-28)18-26(37)21-9-13-36(14-10-21)27(38)8-3-20-1-4-22(5-2-20)29(31,32)33/h1-8,17,21,26,34,37H,9-16,18-19H2. The molecule has 0 saturated carbocycles. The van der Waals surface area contributed by atoms with Crippen LogP contribution in [0.2, 0.25) is 0 Å². The molecule has 1 amide bonds. The third-order valence-corrected chi connectivity index (χ3v) is 8.48. The van der Waals surface area contributed by atoms with E-state index in [1.165, 1.54) is 30.4 Å². The van der Waals surface area contributed by atoms with E-state index in [0.717, 1.165) is 55.9 Å². The molecule has 1 atom stereocenters. The van der Waals surface area contributed by atoms with Crippen molar-refractivity contribution in [2.24, 2.45) is 5.92 Å². The average molecular weight is 532 g/mol. The molecule has 5 rings (SSSR count). The molecule has 204 valence electrons. The number of rotatable bonds is 5. The van der Waals surface area contributed by atoms with Gasteiger partial charge in [-0.1, -0.05) is 12.1 Å². The Kier molecular flexibility index (Phi) is 7.51. The Bertz CT molecular complexity index is 1170. The fourth-order valence-electron chi connectivity index (χ4n) is 6.05. The Morgan fingerprint density at radius 2 is 1.76 bits per heavy atom. The summed E-state index contributed by atoms with van der Waals surface area (Å²) in [6, 6.07) is 9.66. The number of nitrogens with one attached hydrogen (secondary N) is 1. The molecular weight excluding hydrogens is 498 g/mol. The van der Waals surface area contributed by atoms with Crippen molar-refractivity contribution in [3.8, 4) is 0 Å². The van der Waals surface area contributed by atoms with Crippen molar-refractivity contribution in [3.05, 3.63) is 71.0 Å². The smallest absolute Gasteiger partial charge is 0.392 e. The SMILES string of the molecule is O=C(C=Cc1ccc(C(F)(F)F)cc1)N1CCC(C(O)CN2CCC3(CC2)CNc2ccc(F)cc23)CC1. The second-order valence-corrected chi connectivity index (χ2v) is 10.8. The van der Waals surface area contributed by atoms with Crippen LogP contribution in [-0.2, 0) is 16.4 Å². The van der Waals surface area contributed by atoms with Crippen molar-refractivity contribution < 1.29 is 27.5 Å². The van der Waals surface area contributed by atoms with Gasteiger partial charge in [-0.3, -0.25) is 4.79 Å². The van der Waals surface area contributed by atoms with Crippen LogP contribution in [0.4, 0.5) is 23.2 Å². The minimum Gasteiger partial charge on any atom is -0.392 e. The van der Waals surface area contributed by atoms with Gasteiger partial charge in [-0.2, -0.15) is 13.2 Å². The third-order valence-electron chi connectivity index (χ3n) is 8.48. The van der Waals surface area contributed by atoms with Crippen molar-refractivity contribution in [1.82, 2.24) is 9.80 Å². The molecule has 3 aliphatic heterocycles. The highest BCUT2D eigenvalue weighted by molar-refractivity contribution is 5.91. The van der Waals surface area contributed by atoms with Crippen molar-refractivity contribution in [2.75, 3.05) is 44.6 Å². The van der Waals surface area contributed by atoms with E-state index < -0.39 is 17.8 Å². The third kappa shape index (κ3) is 5.73. The summed E-state index contributed by atoms with van der Waals surface area (Å²) in [6.45, 7) is 4.18. The molecule has 2 N–H and O–H groups in total. The van der Waals surface area contributed by atoms with Crippen LogP contribution in [-0.4, -0.2) is 66.2 Å². The number of fused-ring (bicyclic) bond motifs is 2. The number of likely N-dealkylation sites (tertiary alicyclic amines) is 2. The minimum absolute atomic E-state index is 0.0432. The number of aliphatic hydroxyl groups is 1. The summed E-state index contributed by atoms with van der Waals surface area (Å²) < 4.78 is 52.0.